The van der Waals surface area contributed by atoms with Crippen molar-refractivity contribution < 1.29 is 13.5 Å². The molecule has 1 aromatic heterocycles. The highest BCUT2D eigenvalue weighted by molar-refractivity contribution is 9.10. The summed E-state index contributed by atoms with van der Waals surface area (Å²) >= 11 is 4.41. The molecular formula is C10H14BrNO3S2. The first-order chi connectivity index (χ1) is 7.99. The normalized spacial score (nSPS) is 26.0. The van der Waals surface area contributed by atoms with E-state index in [0.717, 1.165) is 19.3 Å². The molecule has 1 fully saturated rings. The minimum absolute atomic E-state index is 0.155. The zero-order valence-corrected chi connectivity index (χ0v) is 12.3. The Morgan fingerprint density at radius 3 is 2.82 bits per heavy atom. The van der Waals surface area contributed by atoms with E-state index in [1.165, 1.54) is 11.3 Å². The first-order valence-electron chi connectivity index (χ1n) is 5.42. The number of nitrogens with one attached hydrogen (secondary N) is 1. The molecule has 96 valence electrons. The Morgan fingerprint density at radius 1 is 1.47 bits per heavy atom. The fourth-order valence-corrected chi connectivity index (χ4v) is 5.65. The zero-order chi connectivity index (χ0) is 12.5. The van der Waals surface area contributed by atoms with Gasteiger partial charge in [0.15, 0.2) is 0 Å². The van der Waals surface area contributed by atoms with Gasteiger partial charge < -0.3 is 5.11 Å². The molecule has 0 amide bonds. The van der Waals surface area contributed by atoms with E-state index in [1.807, 2.05) is 0 Å². The van der Waals surface area contributed by atoms with E-state index in [2.05, 4.69) is 20.7 Å². The highest BCUT2D eigenvalue weighted by Crippen LogP contribution is 2.28. The van der Waals surface area contributed by atoms with Gasteiger partial charge in [0, 0.05) is 10.5 Å². The van der Waals surface area contributed by atoms with Crippen molar-refractivity contribution in [1.82, 2.24) is 4.72 Å². The number of hydrogen-bond acceptors (Lipinski definition) is 4. The topological polar surface area (TPSA) is 66.4 Å². The van der Waals surface area contributed by atoms with Gasteiger partial charge in [0.1, 0.15) is 4.21 Å². The van der Waals surface area contributed by atoms with Gasteiger partial charge in [0.25, 0.3) is 10.0 Å². The van der Waals surface area contributed by atoms with E-state index >= 15 is 0 Å². The fourth-order valence-electron chi connectivity index (χ4n) is 2.02. The largest absolute Gasteiger partial charge is 0.393 e. The highest BCUT2D eigenvalue weighted by atomic mass is 79.9. The van der Waals surface area contributed by atoms with Crippen molar-refractivity contribution in [2.45, 2.75) is 42.0 Å². The lowest BCUT2D eigenvalue weighted by atomic mass is 9.94. The Bertz CT molecular complexity index is 485. The van der Waals surface area contributed by atoms with Crippen LogP contribution in [0.5, 0.6) is 0 Å². The lowest BCUT2D eigenvalue weighted by Crippen LogP contribution is -2.39. The summed E-state index contributed by atoms with van der Waals surface area (Å²) in [7, 11) is -3.46. The van der Waals surface area contributed by atoms with E-state index in [0.29, 0.717) is 15.1 Å². The van der Waals surface area contributed by atoms with Crippen LogP contribution in [0, 0.1) is 0 Å². The van der Waals surface area contributed by atoms with Crippen LogP contribution in [0.3, 0.4) is 0 Å². The first-order valence-corrected chi connectivity index (χ1v) is 8.58. The average molecular weight is 340 g/mol. The minimum atomic E-state index is -3.46. The SMILES string of the molecule is O=S(=O)(NC1CCCC(O)C1)c1sccc1Br. The molecule has 1 heterocycles. The third-order valence-electron chi connectivity index (χ3n) is 2.80. The van der Waals surface area contributed by atoms with Crippen molar-refractivity contribution >= 4 is 37.3 Å². The number of aliphatic hydroxyl groups is 1. The third-order valence-corrected chi connectivity index (χ3v) is 6.99. The van der Waals surface area contributed by atoms with Crippen LogP contribution >= 0.6 is 27.3 Å². The molecule has 0 spiro atoms. The summed E-state index contributed by atoms with van der Waals surface area (Å²) in [6.07, 6.45) is 2.53. The highest BCUT2D eigenvalue weighted by Gasteiger charge is 2.27. The molecule has 0 saturated heterocycles. The maximum absolute atomic E-state index is 12.1. The van der Waals surface area contributed by atoms with Crippen molar-refractivity contribution in [3.05, 3.63) is 15.9 Å². The second-order valence-electron chi connectivity index (χ2n) is 4.19. The Balaban J connectivity index is 2.10. The van der Waals surface area contributed by atoms with E-state index in [1.54, 1.807) is 11.4 Å². The molecule has 0 bridgehead atoms. The molecule has 0 radical (unpaired) electrons. The predicted octanol–water partition coefficient (Wildman–Crippen LogP) is 2.09. The zero-order valence-electron chi connectivity index (χ0n) is 9.10. The number of sulfonamides is 1. The van der Waals surface area contributed by atoms with Gasteiger partial charge in [0.2, 0.25) is 0 Å². The van der Waals surface area contributed by atoms with E-state index in [9.17, 15) is 13.5 Å². The lowest BCUT2D eigenvalue weighted by molar-refractivity contribution is 0.117. The van der Waals surface area contributed by atoms with Gasteiger partial charge in [-0.2, -0.15) is 0 Å². The van der Waals surface area contributed by atoms with Crippen LogP contribution in [0.25, 0.3) is 0 Å². The van der Waals surface area contributed by atoms with Gasteiger partial charge in [-0.25, -0.2) is 13.1 Å². The Kier molecular flexibility index (Phi) is 4.25. The second-order valence-corrected chi connectivity index (χ2v) is 7.87. The Morgan fingerprint density at radius 2 is 2.24 bits per heavy atom. The lowest BCUT2D eigenvalue weighted by Gasteiger charge is -2.26. The van der Waals surface area contributed by atoms with Crippen LogP contribution in [-0.2, 0) is 10.0 Å². The molecule has 2 rings (SSSR count). The van der Waals surface area contributed by atoms with Gasteiger partial charge in [-0.05, 0) is 53.1 Å². The van der Waals surface area contributed by atoms with Crippen LogP contribution in [0.1, 0.15) is 25.7 Å². The van der Waals surface area contributed by atoms with Crippen molar-refractivity contribution in [1.29, 1.82) is 0 Å². The minimum Gasteiger partial charge on any atom is -0.393 e. The van der Waals surface area contributed by atoms with Crippen LogP contribution in [0.2, 0.25) is 0 Å². The monoisotopic (exact) mass is 339 g/mol. The maximum Gasteiger partial charge on any atom is 0.251 e. The molecule has 1 saturated carbocycles. The Labute approximate surface area is 113 Å². The number of halogens is 1. The van der Waals surface area contributed by atoms with Crippen molar-refractivity contribution in [3.63, 3.8) is 0 Å². The molecule has 1 aliphatic carbocycles. The fraction of sp³-hybridized carbons (Fsp3) is 0.600. The summed E-state index contributed by atoms with van der Waals surface area (Å²) in [5.74, 6) is 0. The summed E-state index contributed by atoms with van der Waals surface area (Å²) in [6, 6.07) is 1.56. The molecule has 4 nitrogen and oxygen atoms in total. The predicted molar refractivity (Wildman–Crippen MR) is 70.6 cm³/mol. The number of hydrogen-bond donors (Lipinski definition) is 2. The molecule has 0 aromatic carbocycles. The smallest absolute Gasteiger partial charge is 0.251 e. The van der Waals surface area contributed by atoms with E-state index < -0.39 is 10.0 Å². The molecule has 0 aliphatic heterocycles. The van der Waals surface area contributed by atoms with Gasteiger partial charge in [0.05, 0.1) is 6.10 Å². The molecule has 2 N–H and O–H groups in total. The number of rotatable bonds is 3. The first kappa shape index (κ1) is 13.5. The molecule has 2 unspecified atom stereocenters. The number of thiophene rings is 1. The van der Waals surface area contributed by atoms with Gasteiger partial charge >= 0.3 is 0 Å². The molecule has 1 aliphatic rings. The van der Waals surface area contributed by atoms with E-state index in [-0.39, 0.29) is 12.1 Å². The summed E-state index contributed by atoms with van der Waals surface area (Å²) in [5.41, 5.74) is 0. The molecular weight excluding hydrogens is 326 g/mol. The van der Waals surface area contributed by atoms with Crippen molar-refractivity contribution in [2.75, 3.05) is 0 Å². The second kappa shape index (κ2) is 5.36. The molecule has 2 atom stereocenters. The summed E-state index contributed by atoms with van der Waals surface area (Å²) < 4.78 is 27.7. The summed E-state index contributed by atoms with van der Waals surface area (Å²) in [5, 5.41) is 11.3. The maximum atomic E-state index is 12.1. The van der Waals surface area contributed by atoms with Crippen molar-refractivity contribution in [2.24, 2.45) is 0 Å². The standard InChI is InChI=1S/C10H14BrNO3S2/c11-9-4-5-16-10(9)17(14,15)12-7-2-1-3-8(13)6-7/h4-5,7-8,12-13H,1-3,6H2. The van der Waals surface area contributed by atoms with Gasteiger partial charge in [-0.15, -0.1) is 11.3 Å². The van der Waals surface area contributed by atoms with Gasteiger partial charge in [-0.1, -0.05) is 0 Å². The Hall–Kier alpha value is 0.0500. The van der Waals surface area contributed by atoms with Crippen LogP contribution in [0.15, 0.2) is 20.1 Å². The van der Waals surface area contributed by atoms with E-state index in [4.69, 9.17) is 0 Å². The molecule has 1 aromatic rings. The third kappa shape index (κ3) is 3.29. The van der Waals surface area contributed by atoms with Crippen LogP contribution in [0.4, 0.5) is 0 Å². The molecule has 17 heavy (non-hydrogen) atoms. The average Bonchev–Trinajstić information content (AvgIpc) is 2.64. The van der Waals surface area contributed by atoms with Crippen molar-refractivity contribution in [3.8, 4) is 0 Å². The summed E-state index contributed by atoms with van der Waals surface area (Å²) in [4.78, 5) is 0. The quantitative estimate of drug-likeness (QED) is 0.886. The van der Waals surface area contributed by atoms with Crippen LogP contribution in [-0.4, -0.2) is 25.7 Å². The molecule has 7 heteroatoms. The number of aliphatic hydroxyl groups excluding tert-OH is 1. The summed E-state index contributed by atoms with van der Waals surface area (Å²) in [6.45, 7) is 0. The van der Waals surface area contributed by atoms with Crippen LogP contribution < -0.4 is 4.72 Å². The van der Waals surface area contributed by atoms with Gasteiger partial charge in [-0.3, -0.25) is 0 Å².